The lowest BCUT2D eigenvalue weighted by Crippen LogP contribution is -2.59. The molecule has 0 bridgehead atoms. The number of non-ortho nitro benzene ring substituents is 1. The van der Waals surface area contributed by atoms with Gasteiger partial charge in [0, 0.05) is 72.8 Å². The minimum absolute atomic E-state index is 0.107. The van der Waals surface area contributed by atoms with E-state index < -0.39 is 16.9 Å². The summed E-state index contributed by atoms with van der Waals surface area (Å²) in [5.74, 6) is -0.406. The highest BCUT2D eigenvalue weighted by atomic mass is 16.6. The molecule has 1 saturated heterocycles. The number of rotatable bonds is 7. The van der Waals surface area contributed by atoms with Gasteiger partial charge in [0.1, 0.15) is 6.04 Å². The van der Waals surface area contributed by atoms with Gasteiger partial charge in [-0.3, -0.25) is 24.5 Å². The topological polar surface area (TPSA) is 129 Å². The summed E-state index contributed by atoms with van der Waals surface area (Å²) in [6.45, 7) is 3.22. The highest BCUT2D eigenvalue weighted by Gasteiger charge is 2.39. The van der Waals surface area contributed by atoms with E-state index in [2.05, 4.69) is 10.3 Å². The SMILES string of the molecule is C[C@@H]1CN(C(=O)[C@@H](Cc2c[nH]c3ccccc23)NC(=O)c2ccc([N+](=O)[O-])cc2)CCN1C(=O)C1CC1. The van der Waals surface area contributed by atoms with Crippen molar-refractivity contribution >= 4 is 34.3 Å². The van der Waals surface area contributed by atoms with E-state index in [1.807, 2.05) is 42.3 Å². The Hall–Kier alpha value is -4.21. The zero-order chi connectivity index (χ0) is 26.1. The van der Waals surface area contributed by atoms with Crippen molar-refractivity contribution in [1.29, 1.82) is 0 Å². The van der Waals surface area contributed by atoms with Crippen molar-refractivity contribution in [3.05, 3.63) is 76.0 Å². The molecule has 2 atom stereocenters. The number of hydrogen-bond acceptors (Lipinski definition) is 5. The molecule has 37 heavy (non-hydrogen) atoms. The fourth-order valence-electron chi connectivity index (χ4n) is 4.97. The number of aromatic amines is 1. The molecule has 2 aromatic carbocycles. The molecule has 2 fully saturated rings. The van der Waals surface area contributed by atoms with E-state index in [4.69, 9.17) is 0 Å². The second-order valence-corrected chi connectivity index (χ2v) is 9.83. The first kappa shape index (κ1) is 24.5. The zero-order valence-electron chi connectivity index (χ0n) is 20.6. The van der Waals surface area contributed by atoms with Crippen LogP contribution in [0.4, 0.5) is 5.69 Å². The van der Waals surface area contributed by atoms with Gasteiger partial charge in [0.25, 0.3) is 11.6 Å². The van der Waals surface area contributed by atoms with Gasteiger partial charge in [0.15, 0.2) is 0 Å². The first-order valence-electron chi connectivity index (χ1n) is 12.5. The van der Waals surface area contributed by atoms with Gasteiger partial charge >= 0.3 is 0 Å². The molecule has 10 nitrogen and oxygen atoms in total. The molecule has 192 valence electrons. The fraction of sp³-hybridized carbons (Fsp3) is 0.370. The summed E-state index contributed by atoms with van der Waals surface area (Å²) in [7, 11) is 0. The van der Waals surface area contributed by atoms with E-state index in [9.17, 15) is 24.5 Å². The number of para-hydroxylation sites is 1. The molecule has 2 aliphatic rings. The quantitative estimate of drug-likeness (QED) is 0.378. The molecule has 2 heterocycles. The normalized spacial score (nSPS) is 18.5. The number of H-pyrrole nitrogens is 1. The van der Waals surface area contributed by atoms with Crippen molar-refractivity contribution in [3.8, 4) is 0 Å². The maximum absolute atomic E-state index is 13.7. The van der Waals surface area contributed by atoms with Crippen LogP contribution in [0.5, 0.6) is 0 Å². The Morgan fingerprint density at radius 2 is 1.84 bits per heavy atom. The Morgan fingerprint density at radius 3 is 2.51 bits per heavy atom. The molecule has 1 aliphatic carbocycles. The largest absolute Gasteiger partial charge is 0.361 e. The minimum Gasteiger partial charge on any atom is -0.361 e. The molecule has 1 aromatic heterocycles. The Bertz CT molecular complexity index is 1350. The fourth-order valence-corrected chi connectivity index (χ4v) is 4.97. The molecule has 1 aliphatic heterocycles. The summed E-state index contributed by atoms with van der Waals surface area (Å²) >= 11 is 0. The highest BCUT2D eigenvalue weighted by molar-refractivity contribution is 5.98. The third-order valence-electron chi connectivity index (χ3n) is 7.19. The van der Waals surface area contributed by atoms with Crippen molar-refractivity contribution in [2.75, 3.05) is 19.6 Å². The molecule has 3 amide bonds. The van der Waals surface area contributed by atoms with Crippen molar-refractivity contribution in [2.45, 2.75) is 38.3 Å². The predicted octanol–water partition coefficient (Wildman–Crippen LogP) is 2.89. The number of amides is 3. The average molecular weight is 504 g/mol. The number of nitro benzene ring substituents is 1. The highest BCUT2D eigenvalue weighted by Crippen LogP contribution is 2.32. The Balaban J connectivity index is 1.35. The first-order chi connectivity index (χ1) is 17.8. The Labute approximate surface area is 213 Å². The second kappa shape index (κ2) is 10.0. The summed E-state index contributed by atoms with van der Waals surface area (Å²) in [5, 5.41) is 14.8. The van der Waals surface area contributed by atoms with Gasteiger partial charge in [-0.2, -0.15) is 0 Å². The molecule has 0 radical (unpaired) electrons. The van der Waals surface area contributed by atoms with Crippen LogP contribution in [-0.4, -0.2) is 69.1 Å². The summed E-state index contributed by atoms with van der Waals surface area (Å²) < 4.78 is 0. The lowest BCUT2D eigenvalue weighted by Gasteiger charge is -2.41. The Kier molecular flexibility index (Phi) is 6.64. The smallest absolute Gasteiger partial charge is 0.269 e. The monoisotopic (exact) mass is 503 g/mol. The van der Waals surface area contributed by atoms with Crippen LogP contribution in [0.25, 0.3) is 10.9 Å². The van der Waals surface area contributed by atoms with Crippen LogP contribution in [0.15, 0.2) is 54.7 Å². The third kappa shape index (κ3) is 5.18. The number of aromatic nitrogens is 1. The number of fused-ring (bicyclic) bond motifs is 1. The van der Waals surface area contributed by atoms with Crippen LogP contribution in [0, 0.1) is 16.0 Å². The number of nitrogens with one attached hydrogen (secondary N) is 2. The van der Waals surface area contributed by atoms with Crippen LogP contribution >= 0.6 is 0 Å². The number of nitrogens with zero attached hydrogens (tertiary/aromatic N) is 3. The standard InChI is InChI=1S/C27H29N5O5/c1-17-16-30(12-13-31(17)26(34)19-6-7-19)27(35)24(14-20-15-28-23-5-3-2-4-22(20)23)29-25(33)18-8-10-21(11-9-18)32(36)37/h2-5,8-11,15,17,19,24,28H,6-7,12-14,16H2,1H3,(H,29,33)/t17-,24-/m1/s1. The zero-order valence-corrected chi connectivity index (χ0v) is 20.6. The van der Waals surface area contributed by atoms with Crippen LogP contribution in [-0.2, 0) is 16.0 Å². The van der Waals surface area contributed by atoms with E-state index >= 15 is 0 Å². The van der Waals surface area contributed by atoms with Gasteiger partial charge in [-0.1, -0.05) is 18.2 Å². The maximum atomic E-state index is 13.7. The van der Waals surface area contributed by atoms with E-state index in [1.165, 1.54) is 24.3 Å². The van der Waals surface area contributed by atoms with Crippen molar-refractivity contribution < 1.29 is 19.3 Å². The molecular weight excluding hydrogens is 474 g/mol. The number of piperazine rings is 1. The van der Waals surface area contributed by atoms with Gasteiger partial charge in [0.2, 0.25) is 11.8 Å². The number of carbonyl (C=O) groups excluding carboxylic acids is 3. The van der Waals surface area contributed by atoms with E-state index in [0.717, 1.165) is 29.3 Å². The summed E-state index contributed by atoms with van der Waals surface area (Å²) in [5.41, 5.74) is 1.95. The molecule has 5 rings (SSSR count). The second-order valence-electron chi connectivity index (χ2n) is 9.83. The molecule has 0 spiro atoms. The van der Waals surface area contributed by atoms with Gasteiger partial charge in [-0.25, -0.2) is 0 Å². The Morgan fingerprint density at radius 1 is 1.11 bits per heavy atom. The lowest BCUT2D eigenvalue weighted by atomic mass is 10.0. The van der Waals surface area contributed by atoms with Gasteiger partial charge in [-0.05, 0) is 43.5 Å². The molecule has 0 unspecified atom stereocenters. The molecule has 10 heteroatoms. The number of hydrogen-bond donors (Lipinski definition) is 2. The van der Waals surface area contributed by atoms with E-state index in [1.54, 1.807) is 4.90 Å². The average Bonchev–Trinajstić information content (AvgIpc) is 3.68. The molecule has 3 aromatic rings. The van der Waals surface area contributed by atoms with E-state index in [0.29, 0.717) is 19.6 Å². The minimum atomic E-state index is -0.847. The van der Waals surface area contributed by atoms with Crippen LogP contribution in [0.2, 0.25) is 0 Å². The van der Waals surface area contributed by atoms with Gasteiger partial charge < -0.3 is 20.1 Å². The molecular formula is C27H29N5O5. The van der Waals surface area contributed by atoms with Gasteiger partial charge in [-0.15, -0.1) is 0 Å². The third-order valence-corrected chi connectivity index (χ3v) is 7.19. The summed E-state index contributed by atoms with van der Waals surface area (Å²) in [6, 6.07) is 12.1. The van der Waals surface area contributed by atoms with E-state index in [-0.39, 0.29) is 41.4 Å². The van der Waals surface area contributed by atoms with Gasteiger partial charge in [0.05, 0.1) is 4.92 Å². The number of carbonyl (C=O) groups is 3. The summed E-state index contributed by atoms with van der Waals surface area (Å²) in [6.07, 6.45) is 3.99. The van der Waals surface area contributed by atoms with Crippen molar-refractivity contribution in [1.82, 2.24) is 20.1 Å². The van der Waals surface area contributed by atoms with Crippen molar-refractivity contribution in [2.24, 2.45) is 5.92 Å². The predicted molar refractivity (Wildman–Crippen MR) is 137 cm³/mol. The number of benzene rings is 2. The molecule has 2 N–H and O–H groups in total. The first-order valence-corrected chi connectivity index (χ1v) is 12.5. The number of nitro groups is 1. The van der Waals surface area contributed by atoms with Crippen LogP contribution in [0.1, 0.15) is 35.7 Å². The lowest BCUT2D eigenvalue weighted by molar-refractivity contribution is -0.384. The summed E-state index contributed by atoms with van der Waals surface area (Å²) in [4.78, 5) is 56.7. The molecule has 1 saturated carbocycles. The maximum Gasteiger partial charge on any atom is 0.269 e. The van der Waals surface area contributed by atoms with Crippen molar-refractivity contribution in [3.63, 3.8) is 0 Å². The van der Waals surface area contributed by atoms with Crippen LogP contribution in [0.3, 0.4) is 0 Å². The van der Waals surface area contributed by atoms with Crippen LogP contribution < -0.4 is 5.32 Å².